The van der Waals surface area contributed by atoms with Crippen LogP contribution in [-0.2, 0) is 0 Å². The van der Waals surface area contributed by atoms with Crippen LogP contribution in [0.5, 0.6) is 0 Å². The van der Waals surface area contributed by atoms with Crippen LogP contribution in [0, 0.1) is 0 Å². The standard InChI is InChI=1S/C7H11N.C3H8/c1-5-7(4)8-6(2)3;1-3-2/h5H,1-2H2,3-4H3;3H2,1-2H3. The van der Waals surface area contributed by atoms with E-state index >= 15 is 0 Å². The first-order chi connectivity index (χ1) is 5.08. The molecule has 0 aromatic rings. The van der Waals surface area contributed by atoms with Crippen LogP contribution in [0.15, 0.2) is 29.9 Å². The first-order valence-corrected chi connectivity index (χ1v) is 3.91. The molecular formula is C10H19N. The van der Waals surface area contributed by atoms with E-state index in [1.54, 1.807) is 6.08 Å². The number of hydrogen-bond donors (Lipinski definition) is 0. The quantitative estimate of drug-likeness (QED) is 0.538. The van der Waals surface area contributed by atoms with Gasteiger partial charge in [0.15, 0.2) is 0 Å². The first kappa shape index (κ1) is 12.8. The maximum Gasteiger partial charge on any atom is 0.0369 e. The molecule has 0 aliphatic rings. The zero-order valence-electron chi connectivity index (χ0n) is 8.15. The molecule has 0 N–H and O–H groups in total. The summed E-state index contributed by atoms with van der Waals surface area (Å²) in [6.07, 6.45) is 2.95. The van der Waals surface area contributed by atoms with Crippen molar-refractivity contribution in [1.29, 1.82) is 0 Å². The third kappa shape index (κ3) is 17.6. The van der Waals surface area contributed by atoms with Crippen LogP contribution >= 0.6 is 0 Å². The topological polar surface area (TPSA) is 12.4 Å². The van der Waals surface area contributed by atoms with Crippen molar-refractivity contribution in [3.63, 3.8) is 0 Å². The Labute approximate surface area is 70.5 Å². The molecule has 0 fully saturated rings. The van der Waals surface area contributed by atoms with Gasteiger partial charge in [-0.3, -0.25) is 4.99 Å². The first-order valence-electron chi connectivity index (χ1n) is 3.91. The van der Waals surface area contributed by atoms with Gasteiger partial charge in [-0.25, -0.2) is 0 Å². The Kier molecular flexibility index (Phi) is 10.6. The summed E-state index contributed by atoms with van der Waals surface area (Å²) in [6.45, 7) is 15.1. The fraction of sp³-hybridized carbons (Fsp3) is 0.500. The van der Waals surface area contributed by atoms with Crippen LogP contribution in [-0.4, -0.2) is 5.71 Å². The second-order valence-electron chi connectivity index (χ2n) is 2.40. The lowest BCUT2D eigenvalue weighted by Gasteiger charge is -1.87. The van der Waals surface area contributed by atoms with Gasteiger partial charge >= 0.3 is 0 Å². The zero-order valence-corrected chi connectivity index (χ0v) is 8.15. The zero-order chi connectivity index (χ0) is 9.28. The summed E-state index contributed by atoms with van der Waals surface area (Å²) in [4.78, 5) is 4.00. The second-order valence-corrected chi connectivity index (χ2v) is 2.40. The van der Waals surface area contributed by atoms with Crippen LogP contribution in [0.25, 0.3) is 0 Å². The smallest absolute Gasteiger partial charge is 0.0369 e. The lowest BCUT2D eigenvalue weighted by atomic mass is 10.4. The second kappa shape index (κ2) is 9.15. The molecule has 0 saturated carbocycles. The van der Waals surface area contributed by atoms with Gasteiger partial charge in [0, 0.05) is 11.4 Å². The van der Waals surface area contributed by atoms with Gasteiger partial charge in [-0.2, -0.15) is 0 Å². The molecule has 1 nitrogen and oxygen atoms in total. The van der Waals surface area contributed by atoms with Crippen molar-refractivity contribution in [2.45, 2.75) is 34.1 Å². The van der Waals surface area contributed by atoms with E-state index in [-0.39, 0.29) is 0 Å². The largest absolute Gasteiger partial charge is 0.259 e. The molecule has 0 atom stereocenters. The molecule has 0 bridgehead atoms. The van der Waals surface area contributed by atoms with Gasteiger partial charge in [0.05, 0.1) is 0 Å². The summed E-state index contributed by atoms with van der Waals surface area (Å²) in [7, 11) is 0. The van der Waals surface area contributed by atoms with Gasteiger partial charge in [-0.1, -0.05) is 33.4 Å². The van der Waals surface area contributed by atoms with E-state index in [1.807, 2.05) is 13.8 Å². The van der Waals surface area contributed by atoms with Crippen LogP contribution in [0.3, 0.4) is 0 Å². The lowest BCUT2D eigenvalue weighted by Crippen LogP contribution is -1.81. The van der Waals surface area contributed by atoms with Gasteiger partial charge in [-0.05, 0) is 19.9 Å². The Hall–Kier alpha value is -0.850. The van der Waals surface area contributed by atoms with E-state index < -0.39 is 0 Å². The molecule has 0 saturated heterocycles. The Bertz CT molecular complexity index is 143. The number of rotatable bonds is 2. The van der Waals surface area contributed by atoms with Crippen LogP contribution in [0.2, 0.25) is 0 Å². The molecule has 0 radical (unpaired) electrons. The van der Waals surface area contributed by atoms with Crippen molar-refractivity contribution >= 4 is 5.71 Å². The summed E-state index contributed by atoms with van der Waals surface area (Å²) in [5.74, 6) is 0. The number of aliphatic imine (C=N–C) groups is 1. The highest BCUT2D eigenvalue weighted by atomic mass is 14.7. The van der Waals surface area contributed by atoms with E-state index in [1.165, 1.54) is 6.42 Å². The Morgan fingerprint density at radius 2 is 1.73 bits per heavy atom. The number of allylic oxidation sites excluding steroid dienone is 2. The minimum absolute atomic E-state index is 0.822. The highest BCUT2D eigenvalue weighted by molar-refractivity contribution is 5.92. The minimum Gasteiger partial charge on any atom is -0.259 e. The van der Waals surface area contributed by atoms with Crippen molar-refractivity contribution in [3.8, 4) is 0 Å². The Morgan fingerprint density at radius 1 is 1.36 bits per heavy atom. The summed E-state index contributed by atoms with van der Waals surface area (Å²) in [5.41, 5.74) is 1.74. The Morgan fingerprint density at radius 3 is 1.82 bits per heavy atom. The maximum atomic E-state index is 4.00. The summed E-state index contributed by atoms with van der Waals surface area (Å²) in [5, 5.41) is 0. The fourth-order valence-corrected chi connectivity index (χ4v) is 0.347. The third-order valence-corrected chi connectivity index (χ3v) is 0.663. The lowest BCUT2D eigenvalue weighted by molar-refractivity contribution is 1.09. The van der Waals surface area contributed by atoms with Crippen molar-refractivity contribution < 1.29 is 0 Å². The third-order valence-electron chi connectivity index (χ3n) is 0.663. The highest BCUT2D eigenvalue weighted by Crippen LogP contribution is 1.89. The molecule has 11 heavy (non-hydrogen) atoms. The van der Waals surface area contributed by atoms with E-state index in [9.17, 15) is 0 Å². The molecule has 1 heteroatoms. The molecule has 0 aromatic carbocycles. The molecule has 0 unspecified atom stereocenters. The van der Waals surface area contributed by atoms with Crippen LogP contribution in [0.4, 0.5) is 0 Å². The molecule has 0 heterocycles. The van der Waals surface area contributed by atoms with Gasteiger partial charge < -0.3 is 0 Å². The predicted molar refractivity (Wildman–Crippen MR) is 54.1 cm³/mol. The summed E-state index contributed by atoms with van der Waals surface area (Å²) < 4.78 is 0. The van der Waals surface area contributed by atoms with Gasteiger partial charge in [0.25, 0.3) is 0 Å². The summed E-state index contributed by atoms with van der Waals surface area (Å²) in [6, 6.07) is 0. The minimum atomic E-state index is 0.822. The average Bonchev–Trinajstić information content (AvgIpc) is 1.88. The molecule has 64 valence electrons. The molecule has 0 aromatic heterocycles. The van der Waals surface area contributed by atoms with Crippen molar-refractivity contribution in [3.05, 3.63) is 24.9 Å². The van der Waals surface area contributed by atoms with Crippen molar-refractivity contribution in [1.82, 2.24) is 0 Å². The predicted octanol–water partition coefficient (Wildman–Crippen LogP) is 3.58. The fourth-order valence-electron chi connectivity index (χ4n) is 0.347. The van der Waals surface area contributed by atoms with Gasteiger partial charge in [-0.15, -0.1) is 0 Å². The van der Waals surface area contributed by atoms with E-state index in [2.05, 4.69) is 32.0 Å². The monoisotopic (exact) mass is 153 g/mol. The van der Waals surface area contributed by atoms with E-state index in [0.29, 0.717) is 0 Å². The van der Waals surface area contributed by atoms with Crippen LogP contribution < -0.4 is 0 Å². The SMILES string of the molecule is C=CC(C)=NC(=C)C.CCC. The maximum absolute atomic E-state index is 4.00. The molecule has 0 aliphatic heterocycles. The number of nitrogens with zero attached hydrogens (tertiary/aromatic N) is 1. The van der Waals surface area contributed by atoms with E-state index in [4.69, 9.17) is 0 Å². The molecule has 0 spiro atoms. The van der Waals surface area contributed by atoms with Gasteiger partial charge in [0.2, 0.25) is 0 Å². The molecule has 0 aliphatic carbocycles. The summed E-state index contributed by atoms with van der Waals surface area (Å²) >= 11 is 0. The average molecular weight is 153 g/mol. The highest BCUT2D eigenvalue weighted by Gasteiger charge is 1.78. The Balaban J connectivity index is 0. The van der Waals surface area contributed by atoms with Crippen molar-refractivity contribution in [2.24, 2.45) is 4.99 Å². The van der Waals surface area contributed by atoms with Gasteiger partial charge in [0.1, 0.15) is 0 Å². The van der Waals surface area contributed by atoms with E-state index in [0.717, 1.165) is 11.4 Å². The van der Waals surface area contributed by atoms with Crippen LogP contribution in [0.1, 0.15) is 34.1 Å². The van der Waals surface area contributed by atoms with Crippen molar-refractivity contribution in [2.75, 3.05) is 0 Å². The molecule has 0 amide bonds. The molecular weight excluding hydrogens is 134 g/mol. The number of hydrogen-bond acceptors (Lipinski definition) is 1. The normalized spacial score (nSPS) is 9.64. The molecule has 0 rings (SSSR count).